The highest BCUT2D eigenvalue weighted by atomic mass is 16.5. The molecule has 1 fully saturated rings. The van der Waals surface area contributed by atoms with Crippen molar-refractivity contribution in [2.75, 3.05) is 19.8 Å². The van der Waals surface area contributed by atoms with Crippen LogP contribution in [-0.2, 0) is 9.47 Å². The van der Waals surface area contributed by atoms with Gasteiger partial charge < -0.3 is 15.2 Å². The van der Waals surface area contributed by atoms with Gasteiger partial charge in [-0.1, -0.05) is 26.2 Å². The Morgan fingerprint density at radius 3 is 2.67 bits per heavy atom. The molecule has 0 spiro atoms. The molecule has 3 nitrogen and oxygen atoms in total. The van der Waals surface area contributed by atoms with E-state index in [0.717, 1.165) is 26.1 Å². The van der Waals surface area contributed by atoms with Crippen molar-refractivity contribution < 1.29 is 9.47 Å². The third-order valence-corrected chi connectivity index (χ3v) is 2.90. The zero-order valence-corrected chi connectivity index (χ0v) is 9.91. The molecule has 1 aliphatic rings. The highest BCUT2D eigenvalue weighted by molar-refractivity contribution is 4.73. The number of unbranched alkanes of at least 4 members (excludes halogenated alkanes) is 3. The third-order valence-electron chi connectivity index (χ3n) is 2.90. The number of hydrogen-bond donors (Lipinski definition) is 1. The molecule has 0 saturated carbocycles. The maximum atomic E-state index is 5.69. The number of nitrogens with two attached hydrogens (primary N) is 1. The summed E-state index contributed by atoms with van der Waals surface area (Å²) in [4.78, 5) is 0. The Balaban J connectivity index is 1.88. The van der Waals surface area contributed by atoms with E-state index in [0.29, 0.717) is 12.6 Å². The van der Waals surface area contributed by atoms with Crippen molar-refractivity contribution >= 4 is 0 Å². The molecule has 1 aliphatic heterocycles. The lowest BCUT2D eigenvalue weighted by atomic mass is 10.2. The molecule has 1 saturated heterocycles. The summed E-state index contributed by atoms with van der Waals surface area (Å²) in [5, 5.41) is 0. The summed E-state index contributed by atoms with van der Waals surface area (Å²) in [6.07, 6.45) is 7.84. The maximum absolute atomic E-state index is 5.69. The SMILES string of the molecule is CCCCCCOCC1CCC(CN)O1. The molecule has 0 aromatic heterocycles. The molecule has 1 rings (SSSR count). The Kier molecular flexibility index (Phi) is 6.98. The summed E-state index contributed by atoms with van der Waals surface area (Å²) in [5.41, 5.74) is 5.54. The number of hydrogen-bond acceptors (Lipinski definition) is 3. The second-order valence-corrected chi connectivity index (χ2v) is 4.33. The van der Waals surface area contributed by atoms with E-state index >= 15 is 0 Å². The topological polar surface area (TPSA) is 44.5 Å². The molecule has 0 aromatic carbocycles. The minimum atomic E-state index is 0.277. The van der Waals surface area contributed by atoms with Gasteiger partial charge in [-0.05, 0) is 19.3 Å². The van der Waals surface area contributed by atoms with Gasteiger partial charge in [0.25, 0.3) is 0 Å². The van der Waals surface area contributed by atoms with Crippen LogP contribution in [0.1, 0.15) is 45.4 Å². The molecule has 0 bridgehead atoms. The van der Waals surface area contributed by atoms with Crippen molar-refractivity contribution in [2.45, 2.75) is 57.7 Å². The van der Waals surface area contributed by atoms with Gasteiger partial charge in [-0.3, -0.25) is 0 Å². The zero-order chi connectivity index (χ0) is 10.9. The fraction of sp³-hybridized carbons (Fsp3) is 1.00. The summed E-state index contributed by atoms with van der Waals surface area (Å²) >= 11 is 0. The van der Waals surface area contributed by atoms with Crippen molar-refractivity contribution in [1.29, 1.82) is 0 Å². The van der Waals surface area contributed by atoms with Gasteiger partial charge >= 0.3 is 0 Å². The highest BCUT2D eigenvalue weighted by Gasteiger charge is 2.23. The van der Waals surface area contributed by atoms with Crippen LogP contribution in [-0.4, -0.2) is 32.0 Å². The number of rotatable bonds is 8. The van der Waals surface area contributed by atoms with E-state index in [1.54, 1.807) is 0 Å². The van der Waals surface area contributed by atoms with E-state index in [4.69, 9.17) is 15.2 Å². The van der Waals surface area contributed by atoms with E-state index < -0.39 is 0 Å². The van der Waals surface area contributed by atoms with Crippen LogP contribution >= 0.6 is 0 Å². The normalized spacial score (nSPS) is 26.0. The molecule has 0 aromatic rings. The summed E-state index contributed by atoms with van der Waals surface area (Å²) in [5.74, 6) is 0. The lowest BCUT2D eigenvalue weighted by Crippen LogP contribution is -2.22. The summed E-state index contributed by atoms with van der Waals surface area (Å²) in [6.45, 7) is 4.50. The standard InChI is InChI=1S/C12H25NO2/c1-2-3-4-5-8-14-10-12-7-6-11(9-13)15-12/h11-12H,2-10,13H2,1H3. The molecular weight excluding hydrogens is 190 g/mol. The summed E-state index contributed by atoms with van der Waals surface area (Å²) in [7, 11) is 0. The smallest absolute Gasteiger partial charge is 0.0813 e. The van der Waals surface area contributed by atoms with Crippen LogP contribution in [0.5, 0.6) is 0 Å². The first-order valence-electron chi connectivity index (χ1n) is 6.30. The maximum Gasteiger partial charge on any atom is 0.0813 e. The molecule has 0 amide bonds. The van der Waals surface area contributed by atoms with Crippen LogP contribution < -0.4 is 5.73 Å². The van der Waals surface area contributed by atoms with E-state index in [2.05, 4.69) is 6.92 Å². The Morgan fingerprint density at radius 2 is 2.00 bits per heavy atom. The van der Waals surface area contributed by atoms with Crippen molar-refractivity contribution in [1.82, 2.24) is 0 Å². The first-order chi connectivity index (χ1) is 7.36. The van der Waals surface area contributed by atoms with Gasteiger partial charge in [0.15, 0.2) is 0 Å². The predicted molar refractivity (Wildman–Crippen MR) is 61.9 cm³/mol. The van der Waals surface area contributed by atoms with Crippen molar-refractivity contribution in [3.8, 4) is 0 Å². The fourth-order valence-electron chi connectivity index (χ4n) is 1.92. The summed E-state index contributed by atoms with van der Waals surface area (Å²) in [6, 6.07) is 0. The Hall–Kier alpha value is -0.120. The quantitative estimate of drug-likeness (QED) is 0.631. The van der Waals surface area contributed by atoms with Gasteiger partial charge in [0, 0.05) is 13.2 Å². The molecule has 0 aliphatic carbocycles. The second-order valence-electron chi connectivity index (χ2n) is 4.33. The minimum absolute atomic E-state index is 0.277. The number of ether oxygens (including phenoxy) is 2. The molecular formula is C12H25NO2. The molecule has 2 unspecified atom stereocenters. The van der Waals surface area contributed by atoms with Crippen molar-refractivity contribution in [2.24, 2.45) is 5.73 Å². The monoisotopic (exact) mass is 215 g/mol. The minimum Gasteiger partial charge on any atom is -0.379 e. The average molecular weight is 215 g/mol. The van der Waals surface area contributed by atoms with Gasteiger partial charge in [0.2, 0.25) is 0 Å². The molecule has 2 atom stereocenters. The Morgan fingerprint density at radius 1 is 1.20 bits per heavy atom. The molecule has 1 heterocycles. The molecule has 3 heteroatoms. The van der Waals surface area contributed by atoms with E-state index in [1.807, 2.05) is 0 Å². The lowest BCUT2D eigenvalue weighted by Gasteiger charge is -2.12. The Bertz CT molecular complexity index is 153. The fourth-order valence-corrected chi connectivity index (χ4v) is 1.92. The Labute approximate surface area is 93.3 Å². The van der Waals surface area contributed by atoms with Gasteiger partial charge in [-0.15, -0.1) is 0 Å². The van der Waals surface area contributed by atoms with Crippen LogP contribution in [0.3, 0.4) is 0 Å². The summed E-state index contributed by atoms with van der Waals surface area (Å²) < 4.78 is 11.3. The molecule has 0 radical (unpaired) electrons. The highest BCUT2D eigenvalue weighted by Crippen LogP contribution is 2.18. The van der Waals surface area contributed by atoms with Gasteiger partial charge in [0.05, 0.1) is 18.8 Å². The van der Waals surface area contributed by atoms with Crippen LogP contribution in [0.15, 0.2) is 0 Å². The first-order valence-corrected chi connectivity index (χ1v) is 6.30. The van der Waals surface area contributed by atoms with Crippen molar-refractivity contribution in [3.05, 3.63) is 0 Å². The second kappa shape index (κ2) is 8.08. The molecule has 15 heavy (non-hydrogen) atoms. The molecule has 90 valence electrons. The zero-order valence-electron chi connectivity index (χ0n) is 9.91. The largest absolute Gasteiger partial charge is 0.379 e. The lowest BCUT2D eigenvalue weighted by molar-refractivity contribution is -0.0126. The van der Waals surface area contributed by atoms with Crippen molar-refractivity contribution in [3.63, 3.8) is 0 Å². The third kappa shape index (κ3) is 5.50. The van der Waals surface area contributed by atoms with Crippen LogP contribution in [0.4, 0.5) is 0 Å². The first kappa shape index (κ1) is 12.9. The van der Waals surface area contributed by atoms with Gasteiger partial charge in [-0.2, -0.15) is 0 Å². The molecule has 2 N–H and O–H groups in total. The van der Waals surface area contributed by atoms with Crippen LogP contribution in [0, 0.1) is 0 Å². The van der Waals surface area contributed by atoms with Crippen LogP contribution in [0.25, 0.3) is 0 Å². The van der Waals surface area contributed by atoms with E-state index in [9.17, 15) is 0 Å². The average Bonchev–Trinajstić information content (AvgIpc) is 2.71. The van der Waals surface area contributed by atoms with E-state index in [1.165, 1.54) is 25.7 Å². The van der Waals surface area contributed by atoms with Gasteiger partial charge in [-0.25, -0.2) is 0 Å². The van der Waals surface area contributed by atoms with E-state index in [-0.39, 0.29) is 6.10 Å². The predicted octanol–water partition coefficient (Wildman–Crippen LogP) is 2.09. The van der Waals surface area contributed by atoms with Crippen LogP contribution in [0.2, 0.25) is 0 Å². The van der Waals surface area contributed by atoms with Gasteiger partial charge in [0.1, 0.15) is 0 Å².